The number of aromatic nitrogens is 3. The molecule has 0 saturated carbocycles. The minimum Gasteiger partial charge on any atom is -0.323 e. The fourth-order valence-corrected chi connectivity index (χ4v) is 4.36. The second kappa shape index (κ2) is 6.07. The lowest BCUT2D eigenvalue weighted by molar-refractivity contribution is 0.684. The summed E-state index contributed by atoms with van der Waals surface area (Å²) in [5.74, 6) is 0.218. The van der Waals surface area contributed by atoms with E-state index in [1.54, 1.807) is 0 Å². The summed E-state index contributed by atoms with van der Waals surface area (Å²) < 4.78 is 25.4. The molecule has 1 N–H and O–H groups in total. The van der Waals surface area contributed by atoms with Gasteiger partial charge in [0, 0.05) is 5.69 Å². The van der Waals surface area contributed by atoms with E-state index < -0.39 is 10.0 Å². The lowest BCUT2D eigenvalue weighted by Crippen LogP contribution is -2.05. The summed E-state index contributed by atoms with van der Waals surface area (Å²) in [5, 5.41) is 6.95. The van der Waals surface area contributed by atoms with Gasteiger partial charge >= 0.3 is 0 Å². The summed E-state index contributed by atoms with van der Waals surface area (Å²) in [4.78, 5) is 4.07. The van der Waals surface area contributed by atoms with Crippen LogP contribution in [0.5, 0.6) is 0 Å². The highest BCUT2D eigenvalue weighted by atomic mass is 35.7. The van der Waals surface area contributed by atoms with Crippen LogP contribution in [-0.4, -0.2) is 18.4 Å². The Morgan fingerprint density at radius 3 is 2.43 bits per heavy atom. The van der Waals surface area contributed by atoms with E-state index in [1.807, 2.05) is 0 Å². The van der Waals surface area contributed by atoms with Crippen LogP contribution in [0.15, 0.2) is 11.2 Å². The minimum absolute atomic E-state index is 0.0931. The largest absolute Gasteiger partial charge is 0.323 e. The van der Waals surface area contributed by atoms with Crippen molar-refractivity contribution in [3.8, 4) is 0 Å². The van der Waals surface area contributed by atoms with Crippen LogP contribution < -0.4 is 5.32 Å². The first-order chi connectivity index (χ1) is 11.2. The molecule has 0 radical (unpaired) electrons. The summed E-state index contributed by atoms with van der Waals surface area (Å²) in [6.07, 6.45) is 6.45. The van der Waals surface area contributed by atoms with Gasteiger partial charge in [-0.2, -0.15) is 4.98 Å². The van der Waals surface area contributed by atoms with Crippen LogP contribution in [0, 0.1) is 0 Å². The first-order valence-corrected chi connectivity index (χ1v) is 10.1. The van der Waals surface area contributed by atoms with Gasteiger partial charge in [0.1, 0.15) is 0 Å². The number of aryl methyl sites for hydroxylation is 2. The third kappa shape index (κ3) is 2.66. The van der Waals surface area contributed by atoms with E-state index in [0.29, 0.717) is 0 Å². The van der Waals surface area contributed by atoms with Gasteiger partial charge in [0.05, 0.1) is 0 Å². The SMILES string of the molecule is O=S(Cl)c1nc(Nc2c3c(cc4c2CCC4)CCC3)n(SF)n1. The second-order valence-electron chi connectivity index (χ2n) is 5.74. The lowest BCUT2D eigenvalue weighted by Gasteiger charge is -2.16. The number of nitrogens with zero attached hydrogens (tertiary/aromatic N) is 3. The van der Waals surface area contributed by atoms with Crippen LogP contribution in [0.25, 0.3) is 0 Å². The zero-order chi connectivity index (χ0) is 16.0. The van der Waals surface area contributed by atoms with Crippen LogP contribution in [0.1, 0.15) is 35.1 Å². The van der Waals surface area contributed by atoms with Crippen LogP contribution in [0.3, 0.4) is 0 Å². The van der Waals surface area contributed by atoms with Gasteiger partial charge in [0.15, 0.2) is 22.3 Å². The molecule has 0 fully saturated rings. The van der Waals surface area contributed by atoms with E-state index >= 15 is 0 Å². The first-order valence-electron chi connectivity index (χ1n) is 7.45. The van der Waals surface area contributed by atoms with Crippen LogP contribution >= 0.6 is 23.0 Å². The molecule has 1 aromatic carbocycles. The van der Waals surface area contributed by atoms with Crippen LogP contribution in [-0.2, 0) is 35.7 Å². The maximum absolute atomic E-state index is 13.1. The maximum atomic E-state index is 13.1. The Morgan fingerprint density at radius 2 is 1.87 bits per heavy atom. The molecule has 1 unspecified atom stereocenters. The van der Waals surface area contributed by atoms with E-state index in [1.165, 1.54) is 22.3 Å². The first kappa shape index (κ1) is 15.4. The Labute approximate surface area is 144 Å². The molecular weight excluding hydrogens is 359 g/mol. The molecule has 4 rings (SSSR count). The average molecular weight is 373 g/mol. The zero-order valence-electron chi connectivity index (χ0n) is 12.1. The van der Waals surface area contributed by atoms with E-state index in [0.717, 1.165) is 48.3 Å². The quantitative estimate of drug-likeness (QED) is 0.830. The molecule has 0 saturated heterocycles. The van der Waals surface area contributed by atoms with Gasteiger partial charge < -0.3 is 5.32 Å². The van der Waals surface area contributed by atoms with Crippen molar-refractivity contribution in [2.75, 3.05) is 5.32 Å². The fourth-order valence-electron chi connectivity index (χ4n) is 3.55. The molecule has 2 aliphatic rings. The molecule has 1 heterocycles. The van der Waals surface area contributed by atoms with Gasteiger partial charge in [-0.25, -0.2) is 4.21 Å². The molecule has 5 nitrogen and oxygen atoms in total. The Hall–Kier alpha value is -1.12. The fraction of sp³-hybridized carbons (Fsp3) is 0.429. The summed E-state index contributed by atoms with van der Waals surface area (Å²) in [6, 6.07) is 2.32. The number of rotatable bonds is 4. The van der Waals surface area contributed by atoms with E-state index in [2.05, 4.69) is 21.5 Å². The molecule has 1 aromatic heterocycles. The number of hydrogen-bond acceptors (Lipinski definition) is 5. The van der Waals surface area contributed by atoms with Crippen molar-refractivity contribution in [1.29, 1.82) is 0 Å². The third-order valence-corrected chi connectivity index (χ3v) is 5.74. The summed E-state index contributed by atoms with van der Waals surface area (Å²) in [7, 11) is 3.64. The summed E-state index contributed by atoms with van der Waals surface area (Å²) in [6.45, 7) is 0. The molecule has 0 bridgehead atoms. The molecule has 2 aromatic rings. The number of nitrogens with one attached hydrogen (secondary N) is 1. The van der Waals surface area contributed by atoms with E-state index in [-0.39, 0.29) is 23.4 Å². The van der Waals surface area contributed by atoms with Crippen molar-refractivity contribution < 1.29 is 8.09 Å². The normalized spacial score (nSPS) is 17.1. The van der Waals surface area contributed by atoms with Gasteiger partial charge in [-0.05, 0) is 71.5 Å². The molecule has 122 valence electrons. The minimum atomic E-state index is -1.87. The predicted molar refractivity (Wildman–Crippen MR) is 90.2 cm³/mol. The van der Waals surface area contributed by atoms with Gasteiger partial charge in [-0.3, -0.25) is 0 Å². The van der Waals surface area contributed by atoms with E-state index in [4.69, 9.17) is 10.7 Å². The molecule has 0 amide bonds. The Morgan fingerprint density at radius 1 is 1.22 bits per heavy atom. The summed E-state index contributed by atoms with van der Waals surface area (Å²) >= 11 is -0.0931. The van der Waals surface area contributed by atoms with Gasteiger partial charge in [0.25, 0.3) is 5.16 Å². The molecule has 0 spiro atoms. The van der Waals surface area contributed by atoms with Crippen molar-refractivity contribution in [2.45, 2.75) is 43.7 Å². The Balaban J connectivity index is 1.79. The molecule has 1 atom stereocenters. The number of benzene rings is 1. The monoisotopic (exact) mass is 372 g/mol. The number of anilines is 2. The number of hydrogen-bond donors (Lipinski definition) is 1. The highest BCUT2D eigenvalue weighted by Gasteiger charge is 2.25. The van der Waals surface area contributed by atoms with Gasteiger partial charge in [0.2, 0.25) is 5.95 Å². The van der Waals surface area contributed by atoms with Crippen molar-refractivity contribution in [1.82, 2.24) is 14.2 Å². The topological polar surface area (TPSA) is 59.8 Å². The Kier molecular flexibility index (Phi) is 4.07. The van der Waals surface area contributed by atoms with Crippen molar-refractivity contribution in [3.05, 3.63) is 28.3 Å². The highest BCUT2D eigenvalue weighted by Crippen LogP contribution is 2.40. The highest BCUT2D eigenvalue weighted by molar-refractivity contribution is 8.08. The molecule has 0 aliphatic heterocycles. The van der Waals surface area contributed by atoms with Gasteiger partial charge in [-0.1, -0.05) is 6.07 Å². The predicted octanol–water partition coefficient (Wildman–Crippen LogP) is 3.64. The number of fused-ring (bicyclic) bond motifs is 2. The smallest absolute Gasteiger partial charge is 0.257 e. The molecule has 23 heavy (non-hydrogen) atoms. The molecule has 9 heteroatoms. The van der Waals surface area contributed by atoms with E-state index in [9.17, 15) is 8.09 Å². The zero-order valence-corrected chi connectivity index (χ0v) is 14.5. The van der Waals surface area contributed by atoms with Crippen LogP contribution in [0.4, 0.5) is 15.5 Å². The third-order valence-electron chi connectivity index (χ3n) is 4.48. The van der Waals surface area contributed by atoms with Gasteiger partial charge in [-0.15, -0.1) is 13.1 Å². The average Bonchev–Trinajstić information content (AvgIpc) is 3.24. The maximum Gasteiger partial charge on any atom is 0.257 e. The standard InChI is InChI=1S/C14H14ClFN4OS2/c15-23(21)14-18-13(20(19-14)22-16)17-12-10-5-1-3-8(10)7-9-4-2-6-11(9)12/h7H,1-6H2,(H,17,18,19). The van der Waals surface area contributed by atoms with Crippen LogP contribution in [0.2, 0.25) is 0 Å². The molecular formula is C14H14ClFN4OS2. The number of halogens is 2. The molecule has 2 aliphatic carbocycles. The summed E-state index contributed by atoms with van der Waals surface area (Å²) in [5.41, 5.74) is 6.35. The van der Waals surface area contributed by atoms with Crippen molar-refractivity contribution in [3.63, 3.8) is 0 Å². The lowest BCUT2D eigenvalue weighted by atomic mass is 9.99. The Bertz CT molecular complexity index is 778. The second-order valence-corrected chi connectivity index (χ2v) is 7.88. The van der Waals surface area contributed by atoms with Crippen molar-refractivity contribution in [2.24, 2.45) is 0 Å². The van der Waals surface area contributed by atoms with Crippen molar-refractivity contribution >= 4 is 44.7 Å².